The van der Waals surface area contributed by atoms with Crippen molar-refractivity contribution in [3.8, 4) is 12.1 Å². The summed E-state index contributed by atoms with van der Waals surface area (Å²) >= 11 is 0. The van der Waals surface area contributed by atoms with Crippen LogP contribution in [0, 0.1) is 22.7 Å². The highest BCUT2D eigenvalue weighted by Gasteiger charge is 2.20. The summed E-state index contributed by atoms with van der Waals surface area (Å²) in [4.78, 5) is 24.2. The number of rotatable bonds is 6. The van der Waals surface area contributed by atoms with Crippen molar-refractivity contribution in [2.75, 3.05) is 17.7 Å². The van der Waals surface area contributed by atoms with E-state index in [4.69, 9.17) is 21.0 Å². The van der Waals surface area contributed by atoms with Crippen LogP contribution in [0.3, 0.4) is 0 Å². The average molecular weight is 411 g/mol. The van der Waals surface area contributed by atoms with Crippen LogP contribution in [-0.2, 0) is 4.74 Å². The number of primary amides is 1. The average Bonchev–Trinajstić information content (AvgIpc) is 2.80. The number of anilines is 4. The smallest absolute Gasteiger partial charge is 0.338 e. The van der Waals surface area contributed by atoms with Gasteiger partial charge in [0.05, 0.1) is 52.9 Å². The van der Waals surface area contributed by atoms with Crippen LogP contribution in [0.4, 0.5) is 22.7 Å². The summed E-state index contributed by atoms with van der Waals surface area (Å²) < 4.78 is 4.78. The van der Waals surface area contributed by atoms with Crippen molar-refractivity contribution in [3.63, 3.8) is 0 Å². The summed E-state index contributed by atoms with van der Waals surface area (Å²) in [6, 6.07) is 20.5. The Kier molecular flexibility index (Phi) is 6.15. The maximum atomic E-state index is 12.2. The topological polar surface area (TPSA) is 141 Å². The van der Waals surface area contributed by atoms with Crippen LogP contribution in [0.5, 0.6) is 0 Å². The number of hydrogen-bond donors (Lipinski definition) is 3. The van der Waals surface area contributed by atoms with E-state index < -0.39 is 11.9 Å². The van der Waals surface area contributed by atoms with E-state index in [0.29, 0.717) is 33.9 Å². The van der Waals surface area contributed by atoms with Gasteiger partial charge in [-0.2, -0.15) is 10.5 Å². The molecule has 8 nitrogen and oxygen atoms in total. The molecule has 0 saturated heterocycles. The zero-order valence-corrected chi connectivity index (χ0v) is 16.5. The molecule has 0 bridgehead atoms. The highest BCUT2D eigenvalue weighted by Crippen LogP contribution is 2.32. The maximum Gasteiger partial charge on any atom is 0.338 e. The van der Waals surface area contributed by atoms with Crippen LogP contribution in [-0.4, -0.2) is 19.0 Å². The number of nitrogens with zero attached hydrogens (tertiary/aromatic N) is 2. The number of carbonyl (C=O) groups is 2. The lowest BCUT2D eigenvalue weighted by Gasteiger charge is -2.17. The van der Waals surface area contributed by atoms with Gasteiger partial charge in [-0.1, -0.05) is 0 Å². The lowest BCUT2D eigenvalue weighted by Crippen LogP contribution is -2.18. The van der Waals surface area contributed by atoms with Crippen LogP contribution in [0.1, 0.15) is 31.8 Å². The van der Waals surface area contributed by atoms with Gasteiger partial charge >= 0.3 is 5.97 Å². The molecule has 31 heavy (non-hydrogen) atoms. The molecule has 0 aliphatic rings. The number of ether oxygens (including phenoxy) is 1. The van der Waals surface area contributed by atoms with Crippen LogP contribution in [0.2, 0.25) is 0 Å². The first-order chi connectivity index (χ1) is 14.9. The van der Waals surface area contributed by atoms with Crippen molar-refractivity contribution in [3.05, 3.63) is 82.9 Å². The molecule has 3 rings (SSSR count). The predicted octanol–water partition coefficient (Wildman–Crippen LogP) is 3.80. The summed E-state index contributed by atoms with van der Waals surface area (Å²) in [6.07, 6.45) is 0. The molecule has 8 heteroatoms. The van der Waals surface area contributed by atoms with E-state index in [1.165, 1.54) is 19.2 Å². The Balaban J connectivity index is 2.08. The lowest BCUT2D eigenvalue weighted by molar-refractivity contribution is 0.0597. The second-order valence-electron chi connectivity index (χ2n) is 6.43. The molecule has 0 aliphatic carbocycles. The Bertz CT molecular complexity index is 1220. The van der Waals surface area contributed by atoms with E-state index >= 15 is 0 Å². The summed E-state index contributed by atoms with van der Waals surface area (Å²) in [5.41, 5.74) is 8.74. The third kappa shape index (κ3) is 4.78. The maximum absolute atomic E-state index is 12.2. The van der Waals surface area contributed by atoms with Crippen molar-refractivity contribution in [2.45, 2.75) is 0 Å². The first kappa shape index (κ1) is 20.9. The Morgan fingerprint density at radius 2 is 1.23 bits per heavy atom. The lowest BCUT2D eigenvalue weighted by atomic mass is 10.0. The third-order valence-electron chi connectivity index (χ3n) is 4.41. The van der Waals surface area contributed by atoms with Gasteiger partial charge in [0.25, 0.3) is 0 Å². The van der Waals surface area contributed by atoms with Gasteiger partial charge in [-0.05, 0) is 60.7 Å². The number of carbonyl (C=O) groups excluding carboxylic acids is 2. The minimum Gasteiger partial charge on any atom is -0.465 e. The van der Waals surface area contributed by atoms with E-state index in [-0.39, 0.29) is 11.1 Å². The van der Waals surface area contributed by atoms with E-state index in [9.17, 15) is 9.59 Å². The Morgan fingerprint density at radius 1 is 0.806 bits per heavy atom. The highest BCUT2D eigenvalue weighted by atomic mass is 16.5. The fourth-order valence-electron chi connectivity index (χ4n) is 2.86. The molecule has 3 aromatic carbocycles. The predicted molar refractivity (Wildman–Crippen MR) is 115 cm³/mol. The molecule has 0 unspecified atom stereocenters. The number of benzene rings is 3. The van der Waals surface area contributed by atoms with Gasteiger partial charge in [-0.25, -0.2) is 4.79 Å². The number of amides is 1. The molecule has 4 N–H and O–H groups in total. The Hall–Kier alpha value is -4.82. The van der Waals surface area contributed by atoms with Gasteiger partial charge in [-0.15, -0.1) is 0 Å². The number of hydrogen-bond acceptors (Lipinski definition) is 7. The van der Waals surface area contributed by atoms with Crippen molar-refractivity contribution >= 4 is 34.6 Å². The molecule has 0 fully saturated rings. The first-order valence-corrected chi connectivity index (χ1v) is 9.05. The number of methoxy groups -OCH3 is 1. The number of nitrogens with one attached hydrogen (secondary N) is 2. The number of nitrogens with two attached hydrogens (primary N) is 1. The van der Waals surface area contributed by atoms with E-state index in [1.54, 1.807) is 48.5 Å². The summed E-state index contributed by atoms with van der Waals surface area (Å²) in [5, 5.41) is 24.3. The summed E-state index contributed by atoms with van der Waals surface area (Å²) in [7, 11) is 1.21. The molecule has 1 amide bonds. The quantitative estimate of drug-likeness (QED) is 0.524. The van der Waals surface area contributed by atoms with Gasteiger partial charge in [0.1, 0.15) is 0 Å². The third-order valence-corrected chi connectivity index (χ3v) is 4.41. The zero-order valence-electron chi connectivity index (χ0n) is 16.5. The molecule has 152 valence electrons. The number of nitriles is 2. The minimum atomic E-state index is -0.784. The monoisotopic (exact) mass is 411 g/mol. The van der Waals surface area contributed by atoms with Gasteiger partial charge in [0.2, 0.25) is 5.91 Å². The summed E-state index contributed by atoms with van der Waals surface area (Å²) in [6.45, 7) is 0. The van der Waals surface area contributed by atoms with Crippen molar-refractivity contribution in [1.82, 2.24) is 0 Å². The van der Waals surface area contributed by atoms with Crippen molar-refractivity contribution in [2.24, 2.45) is 5.73 Å². The second-order valence-corrected chi connectivity index (χ2v) is 6.43. The standard InChI is InChI=1S/C23H17N5O3/c1-31-23(30)19-11-21(28-17-8-4-15(13-25)5-9-17)20(10-18(19)22(26)29)27-16-6-2-14(12-24)3-7-16/h2-11,27-28H,1H3,(H2,26,29). The summed E-state index contributed by atoms with van der Waals surface area (Å²) in [5.74, 6) is -1.49. The number of esters is 1. The zero-order chi connectivity index (χ0) is 22.4. The van der Waals surface area contributed by atoms with Crippen LogP contribution in [0.25, 0.3) is 0 Å². The molecule has 0 aliphatic heterocycles. The molecule has 0 radical (unpaired) electrons. The molecule has 0 saturated carbocycles. The van der Waals surface area contributed by atoms with E-state index in [2.05, 4.69) is 10.6 Å². The molecule has 0 aromatic heterocycles. The van der Waals surface area contributed by atoms with E-state index in [1.807, 2.05) is 12.1 Å². The van der Waals surface area contributed by atoms with Gasteiger partial charge in [0, 0.05) is 11.4 Å². The van der Waals surface area contributed by atoms with Gasteiger partial charge < -0.3 is 21.1 Å². The van der Waals surface area contributed by atoms with E-state index in [0.717, 1.165) is 0 Å². The van der Waals surface area contributed by atoms with Crippen LogP contribution < -0.4 is 16.4 Å². The first-order valence-electron chi connectivity index (χ1n) is 9.05. The normalized spacial score (nSPS) is 9.77. The van der Waals surface area contributed by atoms with Crippen molar-refractivity contribution in [1.29, 1.82) is 10.5 Å². The van der Waals surface area contributed by atoms with Gasteiger partial charge in [0.15, 0.2) is 0 Å². The molecule has 0 spiro atoms. The molecular formula is C23H17N5O3. The second kappa shape index (κ2) is 9.12. The molecule has 3 aromatic rings. The van der Waals surface area contributed by atoms with Crippen LogP contribution >= 0.6 is 0 Å². The molecule has 0 heterocycles. The van der Waals surface area contributed by atoms with Gasteiger partial charge in [-0.3, -0.25) is 4.79 Å². The molecular weight excluding hydrogens is 394 g/mol. The largest absolute Gasteiger partial charge is 0.465 e. The Morgan fingerprint density at radius 3 is 1.58 bits per heavy atom. The SMILES string of the molecule is COC(=O)c1cc(Nc2ccc(C#N)cc2)c(Nc2ccc(C#N)cc2)cc1C(N)=O. The Labute approximate surface area is 178 Å². The highest BCUT2D eigenvalue weighted by molar-refractivity contribution is 6.07. The minimum absolute atomic E-state index is 0.00614. The fraction of sp³-hybridized carbons (Fsp3) is 0.0435. The van der Waals surface area contributed by atoms with Crippen molar-refractivity contribution < 1.29 is 14.3 Å². The fourth-order valence-corrected chi connectivity index (χ4v) is 2.86. The molecule has 0 atom stereocenters. The van der Waals surface area contributed by atoms with Crippen LogP contribution in [0.15, 0.2) is 60.7 Å².